The zero-order chi connectivity index (χ0) is 33.6. The summed E-state index contributed by atoms with van der Waals surface area (Å²) < 4.78 is 14.4. The molecule has 2 aromatic heterocycles. The average Bonchev–Trinajstić information content (AvgIpc) is 3.67. The molecule has 2 saturated heterocycles. The monoisotopic (exact) mass is 648 g/mol. The van der Waals surface area contributed by atoms with Gasteiger partial charge in [0.15, 0.2) is 0 Å². The van der Waals surface area contributed by atoms with Gasteiger partial charge in [0.2, 0.25) is 0 Å². The van der Waals surface area contributed by atoms with Crippen molar-refractivity contribution >= 4 is 0 Å². The van der Waals surface area contributed by atoms with Gasteiger partial charge in [-0.1, -0.05) is 28.6 Å². The van der Waals surface area contributed by atoms with Gasteiger partial charge in [0.25, 0.3) is 0 Å². The first-order valence-corrected chi connectivity index (χ1v) is 15.2. The van der Waals surface area contributed by atoms with Crippen molar-refractivity contribution in [1.29, 1.82) is 0 Å². The Morgan fingerprint density at radius 1 is 0.630 bits per heavy atom. The van der Waals surface area contributed by atoms with Crippen LogP contribution < -0.4 is 0 Å². The SMILES string of the molecule is CC1(C)O[C@@H](CO)[C@@H](O)[C@H](n2cc(-c3cccc(-c4cn([C@@H]5[C@@H](O)[C@H](CO)C(C)(C)O[C@@H](CO)[C@H]5O)nn4)c3)nn2)[C@@H](O)[C@@H]1CO. The van der Waals surface area contributed by atoms with Gasteiger partial charge in [0.1, 0.15) is 47.9 Å². The van der Waals surface area contributed by atoms with Crippen LogP contribution in [0.15, 0.2) is 36.7 Å². The first-order chi connectivity index (χ1) is 21.8. The molecule has 0 bridgehead atoms. The van der Waals surface area contributed by atoms with Crippen LogP contribution in [0.25, 0.3) is 22.5 Å². The van der Waals surface area contributed by atoms with E-state index in [-0.39, 0.29) is 0 Å². The first kappa shape index (κ1) is 34.4. The third kappa shape index (κ3) is 6.22. The fourth-order valence-corrected chi connectivity index (χ4v) is 6.76. The van der Waals surface area contributed by atoms with Crippen molar-refractivity contribution in [2.24, 2.45) is 11.8 Å². The summed E-state index contributed by atoms with van der Waals surface area (Å²) in [5.41, 5.74) is -0.118. The third-order valence-electron chi connectivity index (χ3n) is 9.52. The maximum Gasteiger partial charge on any atom is 0.113 e. The van der Waals surface area contributed by atoms with Gasteiger partial charge in [0.05, 0.1) is 62.2 Å². The molecule has 1 aromatic carbocycles. The molecule has 254 valence electrons. The highest BCUT2D eigenvalue weighted by molar-refractivity contribution is 5.68. The van der Waals surface area contributed by atoms with Crippen molar-refractivity contribution in [3.63, 3.8) is 0 Å². The predicted molar refractivity (Wildman–Crippen MR) is 160 cm³/mol. The topological polar surface area (TPSA) is 242 Å². The van der Waals surface area contributed by atoms with E-state index in [1.807, 2.05) is 0 Å². The second kappa shape index (κ2) is 13.3. The molecule has 0 spiro atoms. The van der Waals surface area contributed by atoms with Crippen molar-refractivity contribution in [2.75, 3.05) is 26.4 Å². The molecule has 5 rings (SSSR count). The van der Waals surface area contributed by atoms with Gasteiger partial charge in [-0.15, -0.1) is 10.2 Å². The van der Waals surface area contributed by atoms with Crippen molar-refractivity contribution in [2.45, 2.75) is 87.6 Å². The van der Waals surface area contributed by atoms with Crippen LogP contribution in [0.2, 0.25) is 0 Å². The molecule has 16 heteroatoms. The fourth-order valence-electron chi connectivity index (χ4n) is 6.76. The van der Waals surface area contributed by atoms with Crippen LogP contribution in [0, 0.1) is 11.8 Å². The van der Waals surface area contributed by atoms with Crippen LogP contribution in [-0.2, 0) is 9.47 Å². The molecule has 0 amide bonds. The molecule has 0 unspecified atom stereocenters. The van der Waals surface area contributed by atoms with Crippen LogP contribution in [-0.4, -0.2) is 145 Å². The van der Waals surface area contributed by atoms with Gasteiger partial charge in [-0.25, -0.2) is 9.36 Å². The number of ether oxygens (including phenoxy) is 2. The van der Waals surface area contributed by atoms with Gasteiger partial charge < -0.3 is 50.3 Å². The summed E-state index contributed by atoms with van der Waals surface area (Å²) in [6, 6.07) is 4.90. The van der Waals surface area contributed by atoms with E-state index < -0.39 is 98.2 Å². The maximum absolute atomic E-state index is 11.3. The van der Waals surface area contributed by atoms with Crippen LogP contribution in [0.3, 0.4) is 0 Å². The van der Waals surface area contributed by atoms with E-state index in [2.05, 4.69) is 20.6 Å². The largest absolute Gasteiger partial charge is 0.396 e. The van der Waals surface area contributed by atoms with Gasteiger partial charge in [-0.2, -0.15) is 0 Å². The number of nitrogens with zero attached hydrogens (tertiary/aromatic N) is 6. The highest BCUT2D eigenvalue weighted by Crippen LogP contribution is 2.40. The number of aliphatic hydroxyl groups excluding tert-OH is 8. The summed E-state index contributed by atoms with van der Waals surface area (Å²) in [6.07, 6.45) is -4.33. The summed E-state index contributed by atoms with van der Waals surface area (Å²) in [4.78, 5) is 0. The summed E-state index contributed by atoms with van der Waals surface area (Å²) in [5.74, 6) is -1.60. The van der Waals surface area contributed by atoms with Crippen molar-refractivity contribution in [3.8, 4) is 22.5 Å². The number of aliphatic hydroxyl groups is 8. The number of benzene rings is 1. The molecule has 10 atom stereocenters. The van der Waals surface area contributed by atoms with E-state index >= 15 is 0 Å². The average molecular weight is 649 g/mol. The maximum atomic E-state index is 11.3. The van der Waals surface area contributed by atoms with E-state index in [1.54, 1.807) is 52.0 Å². The van der Waals surface area contributed by atoms with Gasteiger partial charge in [-0.05, 0) is 33.8 Å². The summed E-state index contributed by atoms with van der Waals surface area (Å²) in [6.45, 7) is 4.79. The molecule has 8 N–H and O–H groups in total. The van der Waals surface area contributed by atoms with Gasteiger partial charge in [0, 0.05) is 23.0 Å². The molecule has 16 nitrogen and oxygen atoms in total. The standard InChI is InChI=1S/C30H44N6O10/c1-29(2)17(11-37)25(41)23(27(43)21(13-39)45-29)35-9-19(31-33-35)15-6-5-7-16(8-15)20-10-36(34-32-20)24-26(42)18(12-38)30(3,4)46-22(14-40)28(24)44/h5-10,17-18,21-28,37-44H,11-14H2,1-4H3/t17-,18-,21-,22-,23+,24+,25-,26-,27+,28+/m0/s1. The van der Waals surface area contributed by atoms with Gasteiger partial charge >= 0.3 is 0 Å². The summed E-state index contributed by atoms with van der Waals surface area (Å²) >= 11 is 0. The molecular formula is C30H44N6O10. The first-order valence-electron chi connectivity index (χ1n) is 15.2. The molecule has 46 heavy (non-hydrogen) atoms. The Kier molecular flexibility index (Phi) is 9.96. The third-order valence-corrected chi connectivity index (χ3v) is 9.52. The molecule has 3 aromatic rings. The Hall–Kier alpha value is -2.90. The molecule has 0 radical (unpaired) electrons. The van der Waals surface area contributed by atoms with Gasteiger partial charge in [-0.3, -0.25) is 0 Å². The number of aromatic nitrogens is 6. The lowest BCUT2D eigenvalue weighted by molar-refractivity contribution is -0.151. The minimum atomic E-state index is -1.37. The van der Waals surface area contributed by atoms with E-state index in [1.165, 1.54) is 21.8 Å². The lowest BCUT2D eigenvalue weighted by Crippen LogP contribution is -2.45. The highest BCUT2D eigenvalue weighted by Gasteiger charge is 2.51. The summed E-state index contributed by atoms with van der Waals surface area (Å²) in [7, 11) is 0. The Morgan fingerprint density at radius 2 is 1.02 bits per heavy atom. The van der Waals surface area contributed by atoms with E-state index in [0.29, 0.717) is 22.5 Å². The molecule has 0 aliphatic carbocycles. The van der Waals surface area contributed by atoms with Crippen LogP contribution in [0.5, 0.6) is 0 Å². The Balaban J connectivity index is 1.44. The molecular weight excluding hydrogens is 604 g/mol. The Labute approximate surface area is 265 Å². The zero-order valence-electron chi connectivity index (χ0n) is 26.1. The highest BCUT2D eigenvalue weighted by atomic mass is 16.5. The fraction of sp³-hybridized carbons (Fsp3) is 0.667. The molecule has 2 aliphatic rings. The lowest BCUT2D eigenvalue weighted by Gasteiger charge is -2.35. The van der Waals surface area contributed by atoms with E-state index in [9.17, 15) is 40.9 Å². The molecule has 2 fully saturated rings. The Bertz CT molecular complexity index is 1360. The second-order valence-corrected chi connectivity index (χ2v) is 13.2. The summed E-state index contributed by atoms with van der Waals surface area (Å²) in [5, 5.41) is 101. The van der Waals surface area contributed by atoms with Crippen molar-refractivity contribution < 1.29 is 50.3 Å². The van der Waals surface area contributed by atoms with Crippen molar-refractivity contribution in [1.82, 2.24) is 30.0 Å². The lowest BCUT2D eigenvalue weighted by atomic mass is 9.83. The normalized spacial score (nSPS) is 34.6. The molecule has 0 saturated carbocycles. The van der Waals surface area contributed by atoms with Crippen molar-refractivity contribution in [3.05, 3.63) is 36.7 Å². The van der Waals surface area contributed by atoms with E-state index in [0.717, 1.165) is 0 Å². The molecule has 2 aliphatic heterocycles. The minimum Gasteiger partial charge on any atom is -0.396 e. The van der Waals surface area contributed by atoms with E-state index in [4.69, 9.17) is 9.47 Å². The van der Waals surface area contributed by atoms with Crippen LogP contribution in [0.1, 0.15) is 39.8 Å². The predicted octanol–water partition coefficient (Wildman–Crippen LogP) is -1.71. The number of rotatable bonds is 8. The van der Waals surface area contributed by atoms with Crippen LogP contribution >= 0.6 is 0 Å². The number of hydrogen-bond donors (Lipinski definition) is 8. The van der Waals surface area contributed by atoms with Crippen LogP contribution in [0.4, 0.5) is 0 Å². The molecule has 4 heterocycles. The zero-order valence-corrected chi connectivity index (χ0v) is 26.1. The smallest absolute Gasteiger partial charge is 0.113 e. The minimum absolute atomic E-state index is 0.393. The Morgan fingerprint density at radius 3 is 1.37 bits per heavy atom. The number of hydrogen-bond acceptors (Lipinski definition) is 14. The quantitative estimate of drug-likeness (QED) is 0.136. The second-order valence-electron chi connectivity index (χ2n) is 13.2.